The van der Waals surface area contributed by atoms with Gasteiger partial charge in [-0.1, -0.05) is 103 Å². The molecule has 0 bridgehead atoms. The van der Waals surface area contributed by atoms with Crippen LogP contribution in [0.15, 0.2) is 152 Å². The quantitative estimate of drug-likeness (QED) is 0.113. The van der Waals surface area contributed by atoms with Crippen LogP contribution in [0.3, 0.4) is 0 Å². The molecule has 0 aliphatic carbocycles. The monoisotopic (exact) mass is 668 g/mol. The van der Waals surface area contributed by atoms with E-state index >= 15 is 0 Å². The van der Waals surface area contributed by atoms with Crippen LogP contribution in [0, 0.1) is 0 Å². The number of aliphatic carboxylic acids is 1. The van der Waals surface area contributed by atoms with E-state index in [4.69, 9.17) is 21.1 Å². The lowest BCUT2D eigenvalue weighted by atomic mass is 9.99. The Balaban J connectivity index is 1.12. The van der Waals surface area contributed by atoms with Gasteiger partial charge in [-0.25, -0.2) is 4.79 Å². The molecule has 0 saturated heterocycles. The molecule has 0 aliphatic heterocycles. The number of rotatable bonds is 13. The van der Waals surface area contributed by atoms with Crippen molar-refractivity contribution in [3.05, 3.63) is 173 Å². The van der Waals surface area contributed by atoms with Crippen LogP contribution in [-0.4, -0.2) is 23.0 Å². The second-order valence-electron chi connectivity index (χ2n) is 11.3. The number of carbonyl (C=O) groups excluding carboxylic acids is 1. The molecule has 6 aromatic carbocycles. The summed E-state index contributed by atoms with van der Waals surface area (Å²) < 4.78 is 12.1. The molecule has 3 N–H and O–H groups in total. The van der Waals surface area contributed by atoms with Crippen molar-refractivity contribution in [1.29, 1.82) is 0 Å². The summed E-state index contributed by atoms with van der Waals surface area (Å²) in [6.45, 7) is 0.391. The molecule has 0 aromatic heterocycles. The third kappa shape index (κ3) is 8.86. The average Bonchev–Trinajstić information content (AvgIpc) is 3.12. The van der Waals surface area contributed by atoms with Crippen LogP contribution in [0.2, 0.25) is 5.02 Å². The highest BCUT2D eigenvalue weighted by atomic mass is 35.5. The number of ether oxygens (including phenoxy) is 2. The number of carbonyl (C=O) groups is 2. The lowest BCUT2D eigenvalue weighted by Gasteiger charge is -2.18. The fourth-order valence-electron chi connectivity index (χ4n) is 5.30. The van der Waals surface area contributed by atoms with Gasteiger partial charge in [0.15, 0.2) is 0 Å². The number of nitrogens with one attached hydrogen (secondary N) is 2. The fraction of sp³-hybridized carbons (Fsp3) is 0.0732. The van der Waals surface area contributed by atoms with Gasteiger partial charge in [-0.15, -0.1) is 0 Å². The van der Waals surface area contributed by atoms with E-state index in [9.17, 15) is 14.7 Å². The van der Waals surface area contributed by atoms with Gasteiger partial charge in [-0.05, 0) is 77.4 Å². The van der Waals surface area contributed by atoms with Crippen molar-refractivity contribution < 1.29 is 24.2 Å². The minimum Gasteiger partial charge on any atom is -0.480 e. The molecule has 0 aliphatic rings. The average molecular weight is 669 g/mol. The van der Waals surface area contributed by atoms with Crippen molar-refractivity contribution in [1.82, 2.24) is 5.32 Å². The Bertz CT molecular complexity index is 2040. The Labute approximate surface area is 289 Å². The molecule has 6 rings (SSSR count). The zero-order chi connectivity index (χ0) is 34.0. The van der Waals surface area contributed by atoms with E-state index in [0.717, 1.165) is 33.8 Å². The number of para-hydroxylation sites is 3. The van der Waals surface area contributed by atoms with Gasteiger partial charge in [-0.3, -0.25) is 4.79 Å². The maximum Gasteiger partial charge on any atom is 0.326 e. The molecule has 0 spiro atoms. The smallest absolute Gasteiger partial charge is 0.326 e. The molecule has 0 saturated carbocycles. The van der Waals surface area contributed by atoms with Gasteiger partial charge in [0, 0.05) is 29.2 Å². The molecule has 1 atom stereocenters. The van der Waals surface area contributed by atoms with Crippen LogP contribution in [0.4, 0.5) is 5.69 Å². The lowest BCUT2D eigenvalue weighted by Crippen LogP contribution is -2.42. The Morgan fingerprint density at radius 2 is 1.31 bits per heavy atom. The van der Waals surface area contributed by atoms with Crippen molar-refractivity contribution in [2.75, 3.05) is 5.32 Å². The van der Waals surface area contributed by atoms with Crippen LogP contribution < -0.4 is 20.1 Å². The van der Waals surface area contributed by atoms with Gasteiger partial charge in [0.05, 0.1) is 5.56 Å². The standard InChI is InChI=1S/C41H33ClN2O5/c42-31-22-23-37(43-27-29-10-9-15-34(24-29)48-32-11-3-1-4-12-32)36(26-31)40(45)44-38(41(46)47)25-28-18-20-30(21-19-28)35-16-7-8-17-39(35)49-33-13-5-2-6-14-33/h1-24,26,38,43H,25,27H2,(H,44,45)(H,46,47). The lowest BCUT2D eigenvalue weighted by molar-refractivity contribution is -0.139. The molecule has 6 aromatic rings. The minimum atomic E-state index is -1.18. The number of carboxylic acids is 1. The summed E-state index contributed by atoms with van der Waals surface area (Å²) in [7, 11) is 0. The molecule has 244 valence electrons. The molecule has 0 heterocycles. The SMILES string of the molecule is O=C(NC(Cc1ccc(-c2ccccc2Oc2ccccc2)cc1)C(=O)O)c1cc(Cl)ccc1NCc1cccc(Oc2ccccc2)c1. The van der Waals surface area contributed by atoms with E-state index < -0.39 is 17.9 Å². The van der Waals surface area contributed by atoms with Crippen molar-refractivity contribution in [2.24, 2.45) is 0 Å². The molecule has 0 radical (unpaired) electrons. The highest BCUT2D eigenvalue weighted by molar-refractivity contribution is 6.31. The summed E-state index contributed by atoms with van der Waals surface area (Å²) >= 11 is 6.28. The predicted molar refractivity (Wildman–Crippen MR) is 193 cm³/mol. The zero-order valence-electron chi connectivity index (χ0n) is 26.4. The molecule has 1 amide bonds. The number of anilines is 1. The van der Waals surface area contributed by atoms with E-state index in [1.54, 1.807) is 12.1 Å². The first-order chi connectivity index (χ1) is 23.9. The minimum absolute atomic E-state index is 0.0844. The largest absolute Gasteiger partial charge is 0.480 e. The molecule has 8 heteroatoms. The first-order valence-corrected chi connectivity index (χ1v) is 16.1. The highest BCUT2D eigenvalue weighted by Gasteiger charge is 2.23. The van der Waals surface area contributed by atoms with Crippen LogP contribution in [0.25, 0.3) is 11.1 Å². The number of carboxylic acid groups (broad SMARTS) is 1. The van der Waals surface area contributed by atoms with Crippen molar-refractivity contribution in [3.8, 4) is 34.1 Å². The maximum atomic E-state index is 13.5. The van der Waals surface area contributed by atoms with Gasteiger partial charge >= 0.3 is 5.97 Å². The number of hydrogen-bond donors (Lipinski definition) is 3. The third-order valence-electron chi connectivity index (χ3n) is 7.75. The van der Waals surface area contributed by atoms with Gasteiger partial charge in [-0.2, -0.15) is 0 Å². The second kappa shape index (κ2) is 15.7. The van der Waals surface area contributed by atoms with Gasteiger partial charge in [0.25, 0.3) is 5.91 Å². The fourth-order valence-corrected chi connectivity index (χ4v) is 5.47. The predicted octanol–water partition coefficient (Wildman–Crippen LogP) is 9.63. The van der Waals surface area contributed by atoms with Crippen molar-refractivity contribution in [2.45, 2.75) is 19.0 Å². The first kappa shape index (κ1) is 32.9. The number of amides is 1. The van der Waals surface area contributed by atoms with Crippen LogP contribution in [-0.2, 0) is 17.8 Å². The van der Waals surface area contributed by atoms with Gasteiger partial charge in [0.1, 0.15) is 29.0 Å². The Morgan fingerprint density at radius 1 is 0.653 bits per heavy atom. The molecular weight excluding hydrogens is 636 g/mol. The first-order valence-electron chi connectivity index (χ1n) is 15.7. The summed E-state index contributed by atoms with van der Waals surface area (Å²) in [6.07, 6.45) is 0.0844. The summed E-state index contributed by atoms with van der Waals surface area (Å²) in [4.78, 5) is 25.8. The topological polar surface area (TPSA) is 96.9 Å². The van der Waals surface area contributed by atoms with Crippen LogP contribution >= 0.6 is 11.6 Å². The van der Waals surface area contributed by atoms with Crippen LogP contribution in [0.5, 0.6) is 23.0 Å². The Hall–Kier alpha value is -6.05. The Morgan fingerprint density at radius 3 is 2.02 bits per heavy atom. The zero-order valence-corrected chi connectivity index (χ0v) is 27.1. The Kier molecular flexibility index (Phi) is 10.5. The van der Waals surface area contributed by atoms with E-state index in [1.165, 1.54) is 6.07 Å². The summed E-state index contributed by atoms with van der Waals surface area (Å²) in [6, 6.07) is 45.7. The molecular formula is C41H33ClN2O5. The van der Waals surface area contributed by atoms with Crippen molar-refractivity contribution in [3.63, 3.8) is 0 Å². The molecule has 49 heavy (non-hydrogen) atoms. The van der Waals surface area contributed by atoms with Gasteiger partial charge in [0.2, 0.25) is 0 Å². The van der Waals surface area contributed by atoms with E-state index in [0.29, 0.717) is 28.8 Å². The normalized spacial score (nSPS) is 11.3. The van der Waals surface area contributed by atoms with E-state index in [-0.39, 0.29) is 12.0 Å². The van der Waals surface area contributed by atoms with Crippen LogP contribution in [0.1, 0.15) is 21.5 Å². The number of benzene rings is 6. The second-order valence-corrected chi connectivity index (χ2v) is 11.7. The number of hydrogen-bond acceptors (Lipinski definition) is 5. The van der Waals surface area contributed by atoms with Crippen molar-refractivity contribution >= 4 is 29.2 Å². The number of halogens is 1. The van der Waals surface area contributed by atoms with E-state index in [2.05, 4.69) is 10.6 Å². The third-order valence-corrected chi connectivity index (χ3v) is 7.99. The molecule has 1 unspecified atom stereocenters. The molecule has 7 nitrogen and oxygen atoms in total. The summed E-state index contributed by atoms with van der Waals surface area (Å²) in [5.74, 6) is 1.14. The summed E-state index contributed by atoms with van der Waals surface area (Å²) in [5, 5.41) is 16.4. The molecule has 0 fully saturated rings. The summed E-state index contributed by atoms with van der Waals surface area (Å²) in [5.41, 5.74) is 4.24. The maximum absolute atomic E-state index is 13.5. The van der Waals surface area contributed by atoms with Gasteiger partial charge < -0.3 is 25.2 Å². The van der Waals surface area contributed by atoms with E-state index in [1.807, 2.05) is 133 Å². The highest BCUT2D eigenvalue weighted by Crippen LogP contribution is 2.33.